The van der Waals surface area contributed by atoms with Crippen LogP contribution in [0.3, 0.4) is 0 Å². The quantitative estimate of drug-likeness (QED) is 0.456. The Kier molecular flexibility index (Phi) is 7.96. The molecule has 2 heterocycles. The SMILES string of the molecule is O=C([O-])N1CCCC1=O.O=C([O-])N1CCCC1=O.[Ca+2]. The summed E-state index contributed by atoms with van der Waals surface area (Å²) in [6.45, 7) is 0.613. The summed E-state index contributed by atoms with van der Waals surface area (Å²) < 4.78 is 0. The van der Waals surface area contributed by atoms with Crippen molar-refractivity contribution >= 4 is 61.7 Å². The molecule has 19 heavy (non-hydrogen) atoms. The number of nitrogens with zero attached hydrogens (tertiary/aromatic N) is 2. The average Bonchev–Trinajstić information content (AvgIpc) is 2.87. The topological polar surface area (TPSA) is 121 Å². The first kappa shape index (κ1) is 18.1. The van der Waals surface area contributed by atoms with Crippen LogP contribution >= 0.6 is 0 Å². The molecular formula is C10H12CaN2O6. The summed E-state index contributed by atoms with van der Waals surface area (Å²) in [6.07, 6.45) is -0.809. The Morgan fingerprint density at radius 2 is 1.16 bits per heavy atom. The molecule has 0 aromatic rings. The molecule has 0 radical (unpaired) electrons. The van der Waals surface area contributed by atoms with Crippen molar-refractivity contribution in [3.63, 3.8) is 0 Å². The van der Waals surface area contributed by atoms with E-state index in [9.17, 15) is 29.4 Å². The molecule has 0 spiro atoms. The Morgan fingerprint density at radius 1 is 0.842 bits per heavy atom. The van der Waals surface area contributed by atoms with E-state index in [0.29, 0.717) is 38.8 Å². The van der Waals surface area contributed by atoms with Crippen molar-refractivity contribution in [3.8, 4) is 0 Å². The van der Waals surface area contributed by atoms with Gasteiger partial charge in [-0.1, -0.05) is 0 Å². The van der Waals surface area contributed by atoms with Gasteiger partial charge in [-0.3, -0.25) is 19.4 Å². The Bertz CT molecular complexity index is 350. The standard InChI is InChI=1S/2C5H7NO3.Ca/c2*7-4-2-1-3-6(4)5(8)9;/h2*1-3H2,(H,8,9);/q;;+2/p-2. The summed E-state index contributed by atoms with van der Waals surface area (Å²) >= 11 is 0. The molecule has 0 bridgehead atoms. The summed E-state index contributed by atoms with van der Waals surface area (Å²) in [5.74, 6) is -0.676. The molecule has 2 aliphatic heterocycles. The van der Waals surface area contributed by atoms with Crippen molar-refractivity contribution in [2.45, 2.75) is 25.7 Å². The predicted molar refractivity (Wildman–Crippen MR) is 58.4 cm³/mol. The maximum Gasteiger partial charge on any atom is 2.00 e. The van der Waals surface area contributed by atoms with Gasteiger partial charge in [0.25, 0.3) is 0 Å². The van der Waals surface area contributed by atoms with Crippen LogP contribution in [-0.2, 0) is 9.59 Å². The maximum atomic E-state index is 10.5. The van der Waals surface area contributed by atoms with E-state index in [-0.39, 0.29) is 49.6 Å². The van der Waals surface area contributed by atoms with E-state index in [2.05, 4.69) is 0 Å². The fourth-order valence-electron chi connectivity index (χ4n) is 1.68. The smallest absolute Gasteiger partial charge is 0.530 e. The number of rotatable bonds is 0. The summed E-state index contributed by atoms with van der Waals surface area (Å²) in [7, 11) is 0. The zero-order chi connectivity index (χ0) is 13.7. The van der Waals surface area contributed by atoms with Crippen molar-refractivity contribution < 1.29 is 29.4 Å². The summed E-state index contributed by atoms with van der Waals surface area (Å²) in [5, 5.41) is 20.0. The first-order chi connectivity index (χ1) is 8.43. The number of amides is 4. The van der Waals surface area contributed by atoms with E-state index >= 15 is 0 Å². The van der Waals surface area contributed by atoms with E-state index in [1.807, 2.05) is 0 Å². The van der Waals surface area contributed by atoms with Crippen LogP contribution in [0.4, 0.5) is 9.59 Å². The van der Waals surface area contributed by atoms with Crippen LogP contribution in [0.1, 0.15) is 25.7 Å². The number of hydrogen-bond acceptors (Lipinski definition) is 6. The zero-order valence-electron chi connectivity index (χ0n) is 10.3. The monoisotopic (exact) mass is 296 g/mol. The Labute approximate surface area is 139 Å². The molecule has 4 amide bonds. The van der Waals surface area contributed by atoms with Crippen LogP contribution in [0.25, 0.3) is 0 Å². The van der Waals surface area contributed by atoms with Gasteiger partial charge in [-0.15, -0.1) is 0 Å². The average molecular weight is 296 g/mol. The Balaban J connectivity index is 0.000000324. The Hall–Kier alpha value is -0.860. The second-order valence-electron chi connectivity index (χ2n) is 3.83. The molecule has 0 aliphatic carbocycles. The minimum absolute atomic E-state index is 0. The van der Waals surface area contributed by atoms with E-state index in [0.717, 1.165) is 9.80 Å². The van der Waals surface area contributed by atoms with Crippen LogP contribution in [0.15, 0.2) is 0 Å². The normalized spacial score (nSPS) is 17.7. The number of imide groups is 2. The van der Waals surface area contributed by atoms with Gasteiger partial charge in [-0.05, 0) is 12.8 Å². The number of carbonyl (C=O) groups is 4. The first-order valence-electron chi connectivity index (χ1n) is 5.46. The molecule has 100 valence electrons. The molecule has 2 fully saturated rings. The number of likely N-dealkylation sites (tertiary alicyclic amines) is 2. The zero-order valence-corrected chi connectivity index (χ0v) is 12.5. The van der Waals surface area contributed by atoms with Crippen molar-refractivity contribution in [3.05, 3.63) is 0 Å². The number of carboxylic acid groups (broad SMARTS) is 2. The first-order valence-corrected chi connectivity index (χ1v) is 5.46. The van der Waals surface area contributed by atoms with Crippen LogP contribution in [0.5, 0.6) is 0 Å². The Morgan fingerprint density at radius 3 is 1.26 bits per heavy atom. The molecular weight excluding hydrogens is 284 g/mol. The summed E-state index contributed by atoms with van der Waals surface area (Å²) in [4.78, 5) is 42.5. The molecule has 0 unspecified atom stereocenters. The molecule has 8 nitrogen and oxygen atoms in total. The molecule has 2 saturated heterocycles. The third kappa shape index (κ3) is 5.33. The van der Waals surface area contributed by atoms with Gasteiger partial charge in [0.1, 0.15) is 12.2 Å². The molecule has 0 aromatic heterocycles. The maximum absolute atomic E-state index is 10.5. The number of carbonyl (C=O) groups excluding carboxylic acids is 4. The van der Waals surface area contributed by atoms with Crippen molar-refractivity contribution in [2.24, 2.45) is 0 Å². The van der Waals surface area contributed by atoms with Crippen LogP contribution in [-0.4, -0.2) is 84.6 Å². The van der Waals surface area contributed by atoms with Crippen LogP contribution in [0, 0.1) is 0 Å². The molecule has 0 atom stereocenters. The largest absolute Gasteiger partial charge is 2.00 e. The van der Waals surface area contributed by atoms with Gasteiger partial charge in [-0.25, -0.2) is 0 Å². The molecule has 2 rings (SSSR count). The van der Waals surface area contributed by atoms with Gasteiger partial charge >= 0.3 is 37.7 Å². The molecule has 0 aromatic carbocycles. The second kappa shape index (κ2) is 8.34. The van der Waals surface area contributed by atoms with Gasteiger partial charge in [0.2, 0.25) is 11.8 Å². The molecule has 9 heteroatoms. The number of hydrogen-bond donors (Lipinski definition) is 0. The molecule has 0 saturated carbocycles. The van der Waals surface area contributed by atoms with Crippen molar-refractivity contribution in [1.82, 2.24) is 9.80 Å². The minimum Gasteiger partial charge on any atom is -0.530 e. The van der Waals surface area contributed by atoms with Gasteiger partial charge in [0.05, 0.1) is 0 Å². The minimum atomic E-state index is -1.38. The van der Waals surface area contributed by atoms with Crippen molar-refractivity contribution in [2.75, 3.05) is 13.1 Å². The predicted octanol–water partition coefficient (Wildman–Crippen LogP) is -2.48. The van der Waals surface area contributed by atoms with Crippen LogP contribution < -0.4 is 10.2 Å². The van der Waals surface area contributed by atoms with E-state index in [1.54, 1.807) is 0 Å². The summed E-state index contributed by atoms with van der Waals surface area (Å²) in [6, 6.07) is 0. The second-order valence-corrected chi connectivity index (χ2v) is 3.83. The van der Waals surface area contributed by atoms with Crippen molar-refractivity contribution in [1.29, 1.82) is 0 Å². The van der Waals surface area contributed by atoms with E-state index in [4.69, 9.17) is 0 Å². The van der Waals surface area contributed by atoms with Gasteiger partial charge in [-0.2, -0.15) is 0 Å². The van der Waals surface area contributed by atoms with E-state index < -0.39 is 12.2 Å². The van der Waals surface area contributed by atoms with Gasteiger partial charge in [0.15, 0.2) is 0 Å². The van der Waals surface area contributed by atoms with Gasteiger partial charge < -0.3 is 19.8 Å². The molecule has 0 N–H and O–H groups in total. The summed E-state index contributed by atoms with van der Waals surface area (Å²) in [5.41, 5.74) is 0. The van der Waals surface area contributed by atoms with Crippen LogP contribution in [0.2, 0.25) is 0 Å². The van der Waals surface area contributed by atoms with Gasteiger partial charge in [0, 0.05) is 25.9 Å². The third-order valence-electron chi connectivity index (χ3n) is 2.59. The third-order valence-corrected chi connectivity index (χ3v) is 2.59. The fourth-order valence-corrected chi connectivity index (χ4v) is 1.68. The van der Waals surface area contributed by atoms with E-state index in [1.165, 1.54) is 0 Å². The molecule has 2 aliphatic rings. The fraction of sp³-hybridized carbons (Fsp3) is 0.600.